The molecule has 0 aromatic rings. The van der Waals surface area contributed by atoms with Crippen molar-refractivity contribution in [1.82, 2.24) is 5.32 Å². The Balaban J connectivity index is 1.72. The quantitative estimate of drug-likeness (QED) is 0.774. The van der Waals surface area contributed by atoms with E-state index in [2.05, 4.69) is 19.2 Å². The zero-order valence-electron chi connectivity index (χ0n) is 10.2. The average Bonchev–Trinajstić information content (AvgIpc) is 2.72. The molecule has 4 unspecified atom stereocenters. The summed E-state index contributed by atoms with van der Waals surface area (Å²) in [5.74, 6) is 2.55. The molecule has 0 aromatic carbocycles. The molecular weight excluding hydrogens is 186 g/mol. The Morgan fingerprint density at radius 3 is 2.80 bits per heavy atom. The summed E-state index contributed by atoms with van der Waals surface area (Å²) >= 11 is 0. The highest BCUT2D eigenvalue weighted by molar-refractivity contribution is 4.82. The lowest BCUT2D eigenvalue weighted by atomic mass is 9.80. The van der Waals surface area contributed by atoms with E-state index in [0.717, 1.165) is 37.0 Å². The van der Waals surface area contributed by atoms with Crippen molar-refractivity contribution in [2.45, 2.75) is 45.6 Å². The van der Waals surface area contributed by atoms with Crippen LogP contribution in [0.4, 0.5) is 0 Å². The monoisotopic (exact) mass is 211 g/mol. The predicted molar refractivity (Wildman–Crippen MR) is 62.9 cm³/mol. The fourth-order valence-electron chi connectivity index (χ4n) is 2.88. The summed E-state index contributed by atoms with van der Waals surface area (Å²) in [6.07, 6.45) is 5.45. The van der Waals surface area contributed by atoms with Gasteiger partial charge in [0.05, 0.1) is 6.61 Å². The average molecular weight is 211 g/mol. The van der Waals surface area contributed by atoms with Gasteiger partial charge in [0, 0.05) is 19.2 Å². The fourth-order valence-corrected chi connectivity index (χ4v) is 2.88. The van der Waals surface area contributed by atoms with Gasteiger partial charge in [-0.05, 0) is 37.0 Å². The molecule has 1 N–H and O–H groups in total. The van der Waals surface area contributed by atoms with Crippen molar-refractivity contribution in [2.75, 3.05) is 19.8 Å². The van der Waals surface area contributed by atoms with Crippen LogP contribution < -0.4 is 5.32 Å². The first-order valence-electron chi connectivity index (χ1n) is 6.57. The lowest BCUT2D eigenvalue weighted by Gasteiger charge is -2.34. The van der Waals surface area contributed by atoms with Gasteiger partial charge in [0.25, 0.3) is 0 Å². The van der Waals surface area contributed by atoms with Gasteiger partial charge in [-0.15, -0.1) is 0 Å². The highest BCUT2D eigenvalue weighted by Gasteiger charge is 2.26. The van der Waals surface area contributed by atoms with Crippen molar-refractivity contribution in [3.05, 3.63) is 0 Å². The lowest BCUT2D eigenvalue weighted by molar-refractivity contribution is 0.178. The van der Waals surface area contributed by atoms with Crippen LogP contribution in [0.15, 0.2) is 0 Å². The molecule has 1 heterocycles. The normalized spacial score (nSPS) is 42.0. The molecule has 88 valence electrons. The molecule has 0 bridgehead atoms. The maximum Gasteiger partial charge on any atom is 0.0507 e. The molecule has 0 aromatic heterocycles. The van der Waals surface area contributed by atoms with Gasteiger partial charge in [-0.2, -0.15) is 0 Å². The molecule has 1 saturated carbocycles. The molecule has 2 fully saturated rings. The van der Waals surface area contributed by atoms with Crippen LogP contribution in [0.3, 0.4) is 0 Å². The third-order valence-electron chi connectivity index (χ3n) is 4.15. The smallest absolute Gasteiger partial charge is 0.0507 e. The molecule has 2 rings (SSSR count). The summed E-state index contributed by atoms with van der Waals surface area (Å²) in [5.41, 5.74) is 0. The van der Waals surface area contributed by atoms with Crippen LogP contribution in [-0.4, -0.2) is 25.8 Å². The van der Waals surface area contributed by atoms with E-state index in [1.165, 1.54) is 32.2 Å². The van der Waals surface area contributed by atoms with Gasteiger partial charge in [-0.1, -0.05) is 20.3 Å². The Bertz CT molecular complexity index is 189. The van der Waals surface area contributed by atoms with Gasteiger partial charge in [0.15, 0.2) is 0 Å². The molecule has 1 aliphatic heterocycles. The zero-order valence-corrected chi connectivity index (χ0v) is 10.2. The minimum atomic E-state index is 0.759. The van der Waals surface area contributed by atoms with Gasteiger partial charge >= 0.3 is 0 Å². The van der Waals surface area contributed by atoms with Crippen LogP contribution in [0, 0.1) is 17.8 Å². The SMILES string of the molecule is CC1CCC(C)C(NCC2CCOC2)C1. The minimum Gasteiger partial charge on any atom is -0.381 e. The van der Waals surface area contributed by atoms with E-state index in [-0.39, 0.29) is 0 Å². The number of ether oxygens (including phenoxy) is 1. The van der Waals surface area contributed by atoms with Crippen LogP contribution in [0.1, 0.15) is 39.5 Å². The molecular formula is C13H25NO. The van der Waals surface area contributed by atoms with Gasteiger partial charge in [0.1, 0.15) is 0 Å². The third-order valence-corrected chi connectivity index (χ3v) is 4.15. The molecule has 0 radical (unpaired) electrons. The summed E-state index contributed by atoms with van der Waals surface area (Å²) in [6, 6.07) is 0.759. The first-order valence-corrected chi connectivity index (χ1v) is 6.57. The van der Waals surface area contributed by atoms with E-state index in [0.29, 0.717) is 0 Å². The van der Waals surface area contributed by atoms with Crippen LogP contribution in [0.2, 0.25) is 0 Å². The molecule has 0 amide bonds. The van der Waals surface area contributed by atoms with Gasteiger partial charge in [-0.25, -0.2) is 0 Å². The maximum atomic E-state index is 5.40. The number of hydrogen-bond acceptors (Lipinski definition) is 2. The predicted octanol–water partition coefficient (Wildman–Crippen LogP) is 2.44. The van der Waals surface area contributed by atoms with Crippen molar-refractivity contribution in [2.24, 2.45) is 17.8 Å². The van der Waals surface area contributed by atoms with E-state index in [4.69, 9.17) is 4.74 Å². The summed E-state index contributed by atoms with van der Waals surface area (Å²) < 4.78 is 5.40. The summed E-state index contributed by atoms with van der Waals surface area (Å²) in [7, 11) is 0. The first-order chi connectivity index (χ1) is 7.25. The number of hydrogen-bond donors (Lipinski definition) is 1. The second-order valence-corrected chi connectivity index (χ2v) is 5.64. The number of nitrogens with one attached hydrogen (secondary N) is 1. The maximum absolute atomic E-state index is 5.40. The van der Waals surface area contributed by atoms with Crippen molar-refractivity contribution >= 4 is 0 Å². The van der Waals surface area contributed by atoms with Gasteiger partial charge < -0.3 is 10.1 Å². The Labute approximate surface area is 93.8 Å². The van der Waals surface area contributed by atoms with E-state index in [1.54, 1.807) is 0 Å². The Hall–Kier alpha value is -0.0800. The molecule has 1 saturated heterocycles. The standard InChI is InChI=1S/C13H25NO/c1-10-3-4-11(2)13(7-10)14-8-12-5-6-15-9-12/h10-14H,3-9H2,1-2H3. The van der Waals surface area contributed by atoms with Crippen molar-refractivity contribution < 1.29 is 4.74 Å². The molecule has 2 nitrogen and oxygen atoms in total. The second-order valence-electron chi connectivity index (χ2n) is 5.64. The third kappa shape index (κ3) is 3.18. The lowest BCUT2D eigenvalue weighted by Crippen LogP contribution is -2.41. The van der Waals surface area contributed by atoms with Crippen molar-refractivity contribution in [3.63, 3.8) is 0 Å². The summed E-state index contributed by atoms with van der Waals surface area (Å²) in [6.45, 7) is 7.91. The van der Waals surface area contributed by atoms with Crippen LogP contribution >= 0.6 is 0 Å². The first kappa shape index (κ1) is 11.4. The van der Waals surface area contributed by atoms with Crippen LogP contribution in [0.25, 0.3) is 0 Å². The molecule has 4 atom stereocenters. The van der Waals surface area contributed by atoms with Gasteiger partial charge in [-0.3, -0.25) is 0 Å². The van der Waals surface area contributed by atoms with Crippen LogP contribution in [0.5, 0.6) is 0 Å². The molecule has 2 aliphatic rings. The van der Waals surface area contributed by atoms with E-state index >= 15 is 0 Å². The van der Waals surface area contributed by atoms with Crippen molar-refractivity contribution in [1.29, 1.82) is 0 Å². The Kier molecular flexibility index (Phi) is 4.04. The highest BCUT2D eigenvalue weighted by atomic mass is 16.5. The molecule has 1 aliphatic carbocycles. The minimum absolute atomic E-state index is 0.759. The summed E-state index contributed by atoms with van der Waals surface area (Å²) in [4.78, 5) is 0. The second kappa shape index (κ2) is 5.31. The van der Waals surface area contributed by atoms with Crippen LogP contribution in [-0.2, 0) is 4.74 Å². The zero-order chi connectivity index (χ0) is 10.7. The molecule has 0 spiro atoms. The van der Waals surface area contributed by atoms with E-state index in [1.807, 2.05) is 0 Å². The highest BCUT2D eigenvalue weighted by Crippen LogP contribution is 2.28. The number of rotatable bonds is 3. The Morgan fingerprint density at radius 1 is 1.20 bits per heavy atom. The largest absolute Gasteiger partial charge is 0.381 e. The molecule has 15 heavy (non-hydrogen) atoms. The van der Waals surface area contributed by atoms with Gasteiger partial charge in [0.2, 0.25) is 0 Å². The topological polar surface area (TPSA) is 21.3 Å². The van der Waals surface area contributed by atoms with E-state index in [9.17, 15) is 0 Å². The summed E-state index contributed by atoms with van der Waals surface area (Å²) in [5, 5.41) is 3.76. The fraction of sp³-hybridized carbons (Fsp3) is 1.00. The van der Waals surface area contributed by atoms with Crippen molar-refractivity contribution in [3.8, 4) is 0 Å². The van der Waals surface area contributed by atoms with E-state index < -0.39 is 0 Å². The Morgan fingerprint density at radius 2 is 2.07 bits per heavy atom. The molecule has 2 heteroatoms.